The third kappa shape index (κ3) is 2.83. The first-order valence-corrected chi connectivity index (χ1v) is 8.52. The van der Waals surface area contributed by atoms with Gasteiger partial charge in [-0.15, -0.1) is 0 Å². The zero-order valence-electron chi connectivity index (χ0n) is 13.8. The molecule has 1 saturated carbocycles. The molecule has 23 heavy (non-hydrogen) atoms. The predicted molar refractivity (Wildman–Crippen MR) is 91.9 cm³/mol. The Bertz CT molecular complexity index is 776. The molecule has 2 N–H and O–H groups in total. The van der Waals surface area contributed by atoms with E-state index in [1.807, 2.05) is 6.07 Å². The number of hydrogen-bond donors (Lipinski definition) is 2. The van der Waals surface area contributed by atoms with Gasteiger partial charge in [-0.3, -0.25) is 9.78 Å². The van der Waals surface area contributed by atoms with Crippen molar-refractivity contribution in [2.45, 2.75) is 32.6 Å². The molecule has 4 nitrogen and oxygen atoms in total. The summed E-state index contributed by atoms with van der Waals surface area (Å²) in [7, 11) is 0. The number of aromatic nitrogens is 1. The van der Waals surface area contributed by atoms with Crippen LogP contribution in [0.15, 0.2) is 18.2 Å². The number of pyridine rings is 1. The standard InChI is InChI=1S/C19H23N3O/c1-11-5-12(2)18-15(6-11)16(7-17(22-18)14-3-4-14)19(23)21-10-13-8-20-9-13/h5-7,13-14,20H,3-4,8-10H2,1-2H3,(H,21,23). The lowest BCUT2D eigenvalue weighted by Gasteiger charge is -2.27. The van der Waals surface area contributed by atoms with E-state index in [1.54, 1.807) is 0 Å². The second-order valence-corrected chi connectivity index (χ2v) is 7.08. The third-order valence-electron chi connectivity index (χ3n) is 4.93. The van der Waals surface area contributed by atoms with Crippen molar-refractivity contribution < 1.29 is 4.79 Å². The number of nitrogens with one attached hydrogen (secondary N) is 2. The lowest BCUT2D eigenvalue weighted by atomic mass is 9.99. The van der Waals surface area contributed by atoms with E-state index in [-0.39, 0.29) is 5.91 Å². The Balaban J connectivity index is 1.74. The quantitative estimate of drug-likeness (QED) is 0.913. The van der Waals surface area contributed by atoms with Crippen molar-refractivity contribution in [3.63, 3.8) is 0 Å². The number of rotatable bonds is 4. The molecule has 2 aliphatic rings. The molecule has 4 rings (SSSR count). The molecule has 0 unspecified atom stereocenters. The van der Waals surface area contributed by atoms with Gasteiger partial charge in [0.25, 0.3) is 5.91 Å². The highest BCUT2D eigenvalue weighted by Gasteiger charge is 2.27. The molecule has 0 bridgehead atoms. The molecule has 1 amide bonds. The monoisotopic (exact) mass is 309 g/mol. The van der Waals surface area contributed by atoms with Gasteiger partial charge in [0.1, 0.15) is 0 Å². The maximum atomic E-state index is 12.8. The number of amides is 1. The molecule has 1 aliphatic heterocycles. The summed E-state index contributed by atoms with van der Waals surface area (Å²) >= 11 is 0. The Hall–Kier alpha value is -1.94. The minimum absolute atomic E-state index is 0.0381. The summed E-state index contributed by atoms with van der Waals surface area (Å²) in [6.07, 6.45) is 2.39. The summed E-state index contributed by atoms with van der Waals surface area (Å²) in [4.78, 5) is 17.6. The van der Waals surface area contributed by atoms with Crippen molar-refractivity contribution in [2.24, 2.45) is 5.92 Å². The van der Waals surface area contributed by atoms with Gasteiger partial charge in [0, 0.05) is 42.6 Å². The van der Waals surface area contributed by atoms with E-state index in [9.17, 15) is 4.79 Å². The summed E-state index contributed by atoms with van der Waals surface area (Å²) in [5, 5.41) is 7.33. The fourth-order valence-electron chi connectivity index (χ4n) is 3.30. The van der Waals surface area contributed by atoms with E-state index >= 15 is 0 Å². The average Bonchev–Trinajstić information content (AvgIpc) is 3.29. The van der Waals surface area contributed by atoms with Gasteiger partial charge in [0.15, 0.2) is 0 Å². The van der Waals surface area contributed by atoms with E-state index in [4.69, 9.17) is 4.98 Å². The Morgan fingerprint density at radius 3 is 2.70 bits per heavy atom. The Kier molecular flexibility index (Phi) is 3.57. The second-order valence-electron chi connectivity index (χ2n) is 7.08. The summed E-state index contributed by atoms with van der Waals surface area (Å²) in [5.74, 6) is 1.15. The van der Waals surface area contributed by atoms with Gasteiger partial charge >= 0.3 is 0 Å². The number of hydrogen-bond acceptors (Lipinski definition) is 3. The first-order chi connectivity index (χ1) is 11.1. The van der Waals surface area contributed by atoms with Gasteiger partial charge in [0.05, 0.1) is 11.1 Å². The second kappa shape index (κ2) is 5.60. The van der Waals surface area contributed by atoms with Crippen LogP contribution in [0.4, 0.5) is 0 Å². The van der Waals surface area contributed by atoms with Crippen LogP contribution in [0.1, 0.15) is 45.9 Å². The number of nitrogens with zero attached hydrogens (tertiary/aromatic N) is 1. The highest BCUT2D eigenvalue weighted by Crippen LogP contribution is 2.40. The van der Waals surface area contributed by atoms with Crippen LogP contribution in [0.2, 0.25) is 0 Å². The maximum absolute atomic E-state index is 12.8. The van der Waals surface area contributed by atoms with E-state index in [0.29, 0.717) is 11.8 Å². The van der Waals surface area contributed by atoms with Gasteiger partial charge in [-0.2, -0.15) is 0 Å². The van der Waals surface area contributed by atoms with Crippen molar-refractivity contribution in [2.75, 3.05) is 19.6 Å². The molecule has 2 aromatic rings. The number of carbonyl (C=O) groups is 1. The minimum atomic E-state index is 0.0381. The molecular formula is C19H23N3O. The lowest BCUT2D eigenvalue weighted by molar-refractivity contribution is 0.0943. The van der Waals surface area contributed by atoms with Crippen LogP contribution in [0.5, 0.6) is 0 Å². The predicted octanol–water partition coefficient (Wildman–Crippen LogP) is 2.68. The van der Waals surface area contributed by atoms with Crippen molar-refractivity contribution in [1.29, 1.82) is 0 Å². The molecule has 4 heteroatoms. The molecule has 0 spiro atoms. The Morgan fingerprint density at radius 2 is 2.04 bits per heavy atom. The molecule has 2 heterocycles. The first kappa shape index (κ1) is 14.6. The van der Waals surface area contributed by atoms with Crippen LogP contribution in [0.25, 0.3) is 10.9 Å². The third-order valence-corrected chi connectivity index (χ3v) is 4.93. The van der Waals surface area contributed by atoms with E-state index < -0.39 is 0 Å². The molecule has 1 aromatic heterocycles. The van der Waals surface area contributed by atoms with Gasteiger partial charge in [0.2, 0.25) is 0 Å². The van der Waals surface area contributed by atoms with E-state index in [0.717, 1.165) is 47.4 Å². The van der Waals surface area contributed by atoms with Crippen LogP contribution in [-0.2, 0) is 0 Å². The summed E-state index contributed by atoms with van der Waals surface area (Å²) in [5.41, 5.74) is 5.18. The molecule has 0 radical (unpaired) electrons. The van der Waals surface area contributed by atoms with Crippen LogP contribution in [0.3, 0.4) is 0 Å². The number of aryl methyl sites for hydroxylation is 2. The lowest BCUT2D eigenvalue weighted by Crippen LogP contribution is -2.48. The van der Waals surface area contributed by atoms with Gasteiger partial charge in [-0.25, -0.2) is 0 Å². The van der Waals surface area contributed by atoms with Crippen LogP contribution in [0, 0.1) is 19.8 Å². The zero-order chi connectivity index (χ0) is 16.0. The van der Waals surface area contributed by atoms with Gasteiger partial charge in [-0.1, -0.05) is 11.6 Å². The van der Waals surface area contributed by atoms with E-state index in [1.165, 1.54) is 18.4 Å². The summed E-state index contributed by atoms with van der Waals surface area (Å²) in [6.45, 7) is 6.91. The van der Waals surface area contributed by atoms with Gasteiger partial charge in [-0.05, 0) is 44.4 Å². The number of fused-ring (bicyclic) bond motifs is 1. The van der Waals surface area contributed by atoms with Crippen molar-refractivity contribution in [3.05, 3.63) is 40.6 Å². The highest BCUT2D eigenvalue weighted by atomic mass is 16.1. The SMILES string of the molecule is Cc1cc(C)c2nc(C3CC3)cc(C(=O)NCC3CNC3)c2c1. The van der Waals surface area contributed by atoms with Crippen molar-refractivity contribution in [1.82, 2.24) is 15.6 Å². The molecule has 1 aliphatic carbocycles. The summed E-state index contributed by atoms with van der Waals surface area (Å²) < 4.78 is 0. The number of carbonyl (C=O) groups excluding carboxylic acids is 1. The Morgan fingerprint density at radius 1 is 1.26 bits per heavy atom. The van der Waals surface area contributed by atoms with Crippen LogP contribution >= 0.6 is 0 Å². The Labute approximate surface area is 136 Å². The molecule has 0 atom stereocenters. The fraction of sp³-hybridized carbons (Fsp3) is 0.474. The highest BCUT2D eigenvalue weighted by molar-refractivity contribution is 6.07. The average molecular weight is 309 g/mol. The van der Waals surface area contributed by atoms with E-state index in [2.05, 4.69) is 36.6 Å². The van der Waals surface area contributed by atoms with Crippen molar-refractivity contribution >= 4 is 16.8 Å². The molecule has 1 aromatic carbocycles. The maximum Gasteiger partial charge on any atom is 0.252 e. The largest absolute Gasteiger partial charge is 0.352 e. The normalized spacial score (nSPS) is 18.0. The molecule has 120 valence electrons. The first-order valence-electron chi connectivity index (χ1n) is 8.52. The minimum Gasteiger partial charge on any atom is -0.352 e. The van der Waals surface area contributed by atoms with Crippen LogP contribution < -0.4 is 10.6 Å². The topological polar surface area (TPSA) is 54.0 Å². The fourth-order valence-corrected chi connectivity index (χ4v) is 3.30. The molecular weight excluding hydrogens is 286 g/mol. The summed E-state index contributed by atoms with van der Waals surface area (Å²) in [6, 6.07) is 6.26. The molecule has 1 saturated heterocycles. The van der Waals surface area contributed by atoms with Crippen LogP contribution in [-0.4, -0.2) is 30.5 Å². The van der Waals surface area contributed by atoms with Gasteiger partial charge < -0.3 is 10.6 Å². The smallest absolute Gasteiger partial charge is 0.252 e. The molecule has 2 fully saturated rings. The van der Waals surface area contributed by atoms with Crippen molar-refractivity contribution in [3.8, 4) is 0 Å². The number of benzene rings is 1. The zero-order valence-corrected chi connectivity index (χ0v) is 13.8.